The highest BCUT2D eigenvalue weighted by molar-refractivity contribution is 5.91. The summed E-state index contributed by atoms with van der Waals surface area (Å²) < 4.78 is 8.03. The zero-order valence-electron chi connectivity index (χ0n) is 17.6. The van der Waals surface area contributed by atoms with Crippen LogP contribution in [0.25, 0.3) is 0 Å². The Labute approximate surface area is 167 Å². The van der Waals surface area contributed by atoms with Crippen molar-refractivity contribution in [2.24, 2.45) is 0 Å². The number of nitrogens with zero attached hydrogens (tertiary/aromatic N) is 5. The van der Waals surface area contributed by atoms with Gasteiger partial charge >= 0.3 is 0 Å². The van der Waals surface area contributed by atoms with Gasteiger partial charge in [0.05, 0.1) is 6.54 Å². The molecule has 2 aromatic rings. The van der Waals surface area contributed by atoms with Crippen LogP contribution in [0, 0.1) is 0 Å². The van der Waals surface area contributed by atoms with E-state index in [0.29, 0.717) is 18.8 Å². The molecule has 0 radical (unpaired) electrons. The fraction of sp³-hybridized carbons (Fsp3) is 0.619. The molecular formula is C21H33N5O2. The van der Waals surface area contributed by atoms with Crippen LogP contribution >= 0.6 is 0 Å². The van der Waals surface area contributed by atoms with Crippen molar-refractivity contribution in [3.05, 3.63) is 41.9 Å². The first-order valence-corrected chi connectivity index (χ1v) is 10.1. The van der Waals surface area contributed by atoms with E-state index < -0.39 is 0 Å². The van der Waals surface area contributed by atoms with Crippen molar-refractivity contribution in [1.82, 2.24) is 24.3 Å². The first-order chi connectivity index (χ1) is 13.4. The average molecular weight is 388 g/mol. The maximum atomic E-state index is 12.9. The quantitative estimate of drug-likeness (QED) is 0.697. The number of carbonyl (C=O) groups excluding carboxylic acids is 1. The molecule has 154 valence electrons. The van der Waals surface area contributed by atoms with Gasteiger partial charge in [-0.15, -0.1) is 0 Å². The predicted molar refractivity (Wildman–Crippen MR) is 109 cm³/mol. The van der Waals surface area contributed by atoms with E-state index >= 15 is 0 Å². The van der Waals surface area contributed by atoms with Crippen LogP contribution < -0.4 is 0 Å². The second kappa shape index (κ2) is 9.39. The van der Waals surface area contributed by atoms with E-state index in [4.69, 9.17) is 4.42 Å². The van der Waals surface area contributed by atoms with E-state index in [-0.39, 0.29) is 11.8 Å². The number of likely N-dealkylation sites (tertiary alicyclic amines) is 1. The highest BCUT2D eigenvalue weighted by Crippen LogP contribution is 2.27. The van der Waals surface area contributed by atoms with Gasteiger partial charge in [0.15, 0.2) is 5.76 Å². The van der Waals surface area contributed by atoms with Gasteiger partial charge in [-0.2, -0.15) is 0 Å². The normalized spacial score (nSPS) is 17.6. The summed E-state index contributed by atoms with van der Waals surface area (Å²) in [5.74, 6) is 2.62. The van der Waals surface area contributed by atoms with Crippen LogP contribution in [0.1, 0.15) is 47.3 Å². The molecule has 0 spiro atoms. The molecule has 0 N–H and O–H groups in total. The molecule has 0 unspecified atom stereocenters. The number of imidazole rings is 1. The summed E-state index contributed by atoms with van der Waals surface area (Å²) in [6, 6.07) is 3.69. The van der Waals surface area contributed by atoms with Crippen molar-refractivity contribution < 1.29 is 9.21 Å². The Morgan fingerprint density at radius 1 is 1.25 bits per heavy atom. The van der Waals surface area contributed by atoms with Gasteiger partial charge in [0.2, 0.25) is 0 Å². The lowest BCUT2D eigenvalue weighted by molar-refractivity contribution is 0.0668. The number of piperidine rings is 1. The average Bonchev–Trinajstić information content (AvgIpc) is 3.30. The summed E-state index contributed by atoms with van der Waals surface area (Å²) in [6.07, 6.45) is 7.09. The molecule has 0 saturated carbocycles. The maximum Gasteiger partial charge on any atom is 0.289 e. The smallest absolute Gasteiger partial charge is 0.289 e. The number of furan rings is 1. The highest BCUT2D eigenvalue weighted by atomic mass is 16.4. The number of hydrogen-bond acceptors (Lipinski definition) is 5. The van der Waals surface area contributed by atoms with Crippen molar-refractivity contribution in [3.8, 4) is 0 Å². The van der Waals surface area contributed by atoms with Crippen molar-refractivity contribution >= 4 is 5.91 Å². The molecule has 7 nitrogen and oxygen atoms in total. The van der Waals surface area contributed by atoms with Crippen molar-refractivity contribution in [2.75, 3.05) is 47.8 Å². The summed E-state index contributed by atoms with van der Waals surface area (Å²) >= 11 is 0. The number of rotatable bonds is 8. The molecule has 0 aliphatic carbocycles. The second-order valence-corrected chi connectivity index (χ2v) is 8.23. The fourth-order valence-corrected chi connectivity index (χ4v) is 3.84. The fourth-order valence-electron chi connectivity index (χ4n) is 3.84. The summed E-state index contributed by atoms with van der Waals surface area (Å²) in [4.78, 5) is 23.7. The monoisotopic (exact) mass is 387 g/mol. The van der Waals surface area contributed by atoms with Gasteiger partial charge in [0, 0.05) is 37.9 Å². The largest absolute Gasteiger partial charge is 0.455 e. The molecule has 1 fully saturated rings. The molecule has 1 saturated heterocycles. The van der Waals surface area contributed by atoms with Gasteiger partial charge in [-0.1, -0.05) is 0 Å². The van der Waals surface area contributed by atoms with Crippen LogP contribution in [-0.4, -0.2) is 78.0 Å². The Hall–Kier alpha value is -2.12. The van der Waals surface area contributed by atoms with E-state index in [0.717, 1.165) is 50.5 Å². The van der Waals surface area contributed by atoms with Gasteiger partial charge in [-0.3, -0.25) is 4.79 Å². The lowest BCUT2D eigenvalue weighted by atomic mass is 9.97. The third-order valence-electron chi connectivity index (χ3n) is 5.17. The number of amides is 1. The summed E-state index contributed by atoms with van der Waals surface area (Å²) in [7, 11) is 8.16. The number of aromatic nitrogens is 2. The van der Waals surface area contributed by atoms with Crippen LogP contribution in [0.15, 0.2) is 28.9 Å². The van der Waals surface area contributed by atoms with Crippen molar-refractivity contribution in [2.45, 2.75) is 38.3 Å². The first-order valence-electron chi connectivity index (χ1n) is 10.1. The zero-order chi connectivity index (χ0) is 20.1. The second-order valence-electron chi connectivity index (χ2n) is 8.23. The maximum absolute atomic E-state index is 12.9. The Morgan fingerprint density at radius 3 is 2.82 bits per heavy atom. The highest BCUT2D eigenvalue weighted by Gasteiger charge is 2.29. The SMILES string of the molecule is CN(C)CCCn1ccnc1[C@@H]1CCCN(C(=O)c2ccc(CN(C)C)o2)C1. The van der Waals surface area contributed by atoms with Crippen LogP contribution in [0.3, 0.4) is 0 Å². The van der Waals surface area contributed by atoms with E-state index in [1.54, 1.807) is 6.07 Å². The first kappa shape index (κ1) is 20.6. The number of hydrogen-bond donors (Lipinski definition) is 0. The number of aryl methyl sites for hydroxylation is 1. The molecule has 3 heterocycles. The Morgan fingerprint density at radius 2 is 2.07 bits per heavy atom. The lowest BCUT2D eigenvalue weighted by Gasteiger charge is -2.32. The zero-order valence-corrected chi connectivity index (χ0v) is 17.6. The van der Waals surface area contributed by atoms with Crippen molar-refractivity contribution in [3.63, 3.8) is 0 Å². The molecule has 0 aromatic carbocycles. The lowest BCUT2D eigenvalue weighted by Crippen LogP contribution is -2.39. The van der Waals surface area contributed by atoms with E-state index in [9.17, 15) is 4.79 Å². The van der Waals surface area contributed by atoms with E-state index in [1.807, 2.05) is 36.2 Å². The molecule has 7 heteroatoms. The summed E-state index contributed by atoms with van der Waals surface area (Å²) in [6.45, 7) is 4.19. The molecule has 1 aliphatic heterocycles. The molecule has 1 aliphatic rings. The van der Waals surface area contributed by atoms with Crippen LogP contribution in [0.2, 0.25) is 0 Å². The van der Waals surface area contributed by atoms with Gasteiger partial charge in [-0.25, -0.2) is 4.98 Å². The minimum absolute atomic E-state index is 0.0135. The predicted octanol–water partition coefficient (Wildman–Crippen LogP) is 2.51. The molecular weight excluding hydrogens is 354 g/mol. The third kappa shape index (κ3) is 5.23. The molecule has 28 heavy (non-hydrogen) atoms. The Bertz CT molecular complexity index is 764. The minimum atomic E-state index is -0.0135. The third-order valence-corrected chi connectivity index (χ3v) is 5.17. The van der Waals surface area contributed by atoms with E-state index in [1.165, 1.54) is 0 Å². The number of carbonyl (C=O) groups is 1. The van der Waals surface area contributed by atoms with Gasteiger partial charge in [-0.05, 0) is 66.1 Å². The molecule has 1 atom stereocenters. The minimum Gasteiger partial charge on any atom is -0.455 e. The van der Waals surface area contributed by atoms with Crippen LogP contribution in [0.4, 0.5) is 0 Å². The van der Waals surface area contributed by atoms with Gasteiger partial charge in [0.25, 0.3) is 5.91 Å². The Kier molecular flexibility index (Phi) is 6.91. The van der Waals surface area contributed by atoms with Crippen LogP contribution in [0.5, 0.6) is 0 Å². The molecule has 2 aromatic heterocycles. The standard InChI is InChI=1S/C21H33N5O2/c1-23(2)11-6-13-25-14-10-22-20(25)17-7-5-12-26(15-17)21(27)19-9-8-18(28-19)16-24(3)4/h8-10,14,17H,5-7,11-13,15-16H2,1-4H3/t17-/m1/s1. The van der Waals surface area contributed by atoms with Gasteiger partial charge in [0.1, 0.15) is 11.6 Å². The topological polar surface area (TPSA) is 57.8 Å². The Balaban J connectivity index is 1.63. The van der Waals surface area contributed by atoms with E-state index in [2.05, 4.69) is 34.7 Å². The molecule has 3 rings (SSSR count). The summed E-state index contributed by atoms with van der Waals surface area (Å²) in [5, 5.41) is 0. The molecule has 0 bridgehead atoms. The summed E-state index contributed by atoms with van der Waals surface area (Å²) in [5.41, 5.74) is 0. The van der Waals surface area contributed by atoms with Crippen LogP contribution in [-0.2, 0) is 13.1 Å². The van der Waals surface area contributed by atoms with Gasteiger partial charge < -0.3 is 23.7 Å². The molecule has 1 amide bonds. The van der Waals surface area contributed by atoms with Crippen molar-refractivity contribution in [1.29, 1.82) is 0 Å².